The number of Topliss-reactive ketones (excluding diaryl/α,β-unsaturated/α-hetero) is 1. The maximum atomic E-state index is 13.8. The van der Waals surface area contributed by atoms with Crippen LogP contribution in [0.25, 0.3) is 0 Å². The minimum absolute atomic E-state index is 0.0319. The van der Waals surface area contributed by atoms with Gasteiger partial charge in [0.15, 0.2) is 5.82 Å². The maximum Gasteiger partial charge on any atom is 0.217 e. The molecular formula is C13H9BrF2N4O. The van der Waals surface area contributed by atoms with Gasteiger partial charge in [0, 0.05) is 16.2 Å². The van der Waals surface area contributed by atoms with Crippen LogP contribution in [0.15, 0.2) is 28.9 Å². The van der Waals surface area contributed by atoms with Crippen LogP contribution in [-0.4, -0.2) is 16.5 Å². The fourth-order valence-electron chi connectivity index (χ4n) is 1.67. The lowest BCUT2D eigenvalue weighted by molar-refractivity contribution is 0.105. The molecule has 0 aliphatic rings. The molecule has 5 nitrogen and oxygen atoms in total. The number of nitrogen functional groups attached to an aromatic ring is 2. The van der Waals surface area contributed by atoms with Crippen LogP contribution < -0.4 is 11.5 Å². The molecule has 5 N–H and O–H groups in total. The van der Waals surface area contributed by atoms with Gasteiger partial charge < -0.3 is 11.5 Å². The first-order valence-corrected chi connectivity index (χ1v) is 6.40. The number of ketones is 1. The molecule has 108 valence electrons. The summed E-state index contributed by atoms with van der Waals surface area (Å²) in [5, 5.41) is 7.81. The van der Waals surface area contributed by atoms with E-state index < -0.39 is 28.7 Å². The van der Waals surface area contributed by atoms with Crippen molar-refractivity contribution in [2.24, 2.45) is 0 Å². The lowest BCUT2D eigenvalue weighted by Crippen LogP contribution is -2.20. The number of hydrogen-bond donors (Lipinski definition) is 3. The van der Waals surface area contributed by atoms with Gasteiger partial charge in [-0.05, 0) is 34.1 Å². The van der Waals surface area contributed by atoms with Crippen LogP contribution in [0.5, 0.6) is 0 Å². The molecule has 0 bridgehead atoms. The number of halogens is 3. The van der Waals surface area contributed by atoms with Crippen LogP contribution in [0, 0.1) is 17.0 Å². The number of hydrogen-bond acceptors (Lipinski definition) is 5. The van der Waals surface area contributed by atoms with Crippen molar-refractivity contribution in [2.75, 3.05) is 11.5 Å². The summed E-state index contributed by atoms with van der Waals surface area (Å²) >= 11 is 3.12. The van der Waals surface area contributed by atoms with E-state index >= 15 is 0 Å². The van der Waals surface area contributed by atoms with Gasteiger partial charge in [0.05, 0.1) is 11.3 Å². The average Bonchev–Trinajstić information content (AvgIpc) is 2.45. The molecule has 2 rings (SSSR count). The van der Waals surface area contributed by atoms with Crippen molar-refractivity contribution in [3.63, 3.8) is 0 Å². The Morgan fingerprint density at radius 1 is 1.29 bits per heavy atom. The van der Waals surface area contributed by atoms with Crippen LogP contribution in [0.2, 0.25) is 0 Å². The van der Waals surface area contributed by atoms with E-state index in [1.165, 1.54) is 12.3 Å². The maximum absolute atomic E-state index is 13.8. The third-order valence-electron chi connectivity index (χ3n) is 2.73. The first-order chi connectivity index (χ1) is 9.82. The summed E-state index contributed by atoms with van der Waals surface area (Å²) in [5.41, 5.74) is 8.91. The highest BCUT2D eigenvalue weighted by molar-refractivity contribution is 9.10. The summed E-state index contributed by atoms with van der Waals surface area (Å²) in [6.45, 7) is 0. The van der Waals surface area contributed by atoms with Gasteiger partial charge in [-0.15, -0.1) is 0 Å². The first-order valence-electron chi connectivity index (χ1n) is 5.61. The van der Waals surface area contributed by atoms with E-state index in [1.54, 1.807) is 0 Å². The van der Waals surface area contributed by atoms with Gasteiger partial charge in [-0.1, -0.05) is 0 Å². The van der Waals surface area contributed by atoms with Crippen molar-refractivity contribution in [1.82, 2.24) is 4.98 Å². The van der Waals surface area contributed by atoms with Gasteiger partial charge in [0.1, 0.15) is 17.3 Å². The molecule has 8 heteroatoms. The second-order valence-electron chi connectivity index (χ2n) is 4.12. The smallest absolute Gasteiger partial charge is 0.217 e. The Balaban J connectivity index is 2.53. The molecule has 1 heterocycles. The van der Waals surface area contributed by atoms with Crippen LogP contribution in [0.1, 0.15) is 15.9 Å². The van der Waals surface area contributed by atoms with Gasteiger partial charge in [0.25, 0.3) is 0 Å². The van der Waals surface area contributed by atoms with Gasteiger partial charge in [-0.25, -0.2) is 13.8 Å². The van der Waals surface area contributed by atoms with Crippen LogP contribution in [0.3, 0.4) is 0 Å². The zero-order valence-corrected chi connectivity index (χ0v) is 12.0. The molecule has 0 radical (unpaired) electrons. The van der Waals surface area contributed by atoms with E-state index in [0.717, 1.165) is 12.1 Å². The lowest BCUT2D eigenvalue weighted by atomic mass is 10.00. The fourth-order valence-corrected chi connectivity index (χ4v) is 2.01. The molecule has 0 aliphatic carbocycles. The average molecular weight is 355 g/mol. The Morgan fingerprint density at radius 2 is 1.95 bits per heavy atom. The number of rotatable bonds is 3. The number of pyridine rings is 1. The van der Waals surface area contributed by atoms with E-state index in [4.69, 9.17) is 16.9 Å². The third-order valence-corrected chi connectivity index (χ3v) is 3.16. The quantitative estimate of drug-likeness (QED) is 0.447. The Hall–Kier alpha value is -2.35. The number of nitrogens with two attached hydrogens (primary N) is 2. The Labute approximate surface area is 126 Å². The highest BCUT2D eigenvalue weighted by atomic mass is 79.9. The fraction of sp³-hybridized carbons (Fsp3) is 0. The summed E-state index contributed by atoms with van der Waals surface area (Å²) in [6, 6.07) is 3.23. The molecule has 2 aromatic rings. The van der Waals surface area contributed by atoms with Gasteiger partial charge in [-0.3, -0.25) is 10.2 Å². The SMILES string of the molecule is N=C(C(=O)c1c(F)ccc(N)c1F)c1cc(Br)cnc1N. The van der Waals surface area contributed by atoms with Gasteiger partial charge in [0.2, 0.25) is 5.78 Å². The van der Waals surface area contributed by atoms with Crippen molar-refractivity contribution >= 4 is 38.9 Å². The van der Waals surface area contributed by atoms with E-state index in [9.17, 15) is 13.6 Å². The zero-order chi connectivity index (χ0) is 15.7. The zero-order valence-electron chi connectivity index (χ0n) is 10.5. The van der Waals surface area contributed by atoms with Crippen molar-refractivity contribution in [2.45, 2.75) is 0 Å². The van der Waals surface area contributed by atoms with Crippen molar-refractivity contribution in [3.05, 3.63) is 51.6 Å². The van der Waals surface area contributed by atoms with Crippen LogP contribution in [0.4, 0.5) is 20.3 Å². The summed E-state index contributed by atoms with van der Waals surface area (Å²) in [4.78, 5) is 15.9. The highest BCUT2D eigenvalue weighted by Gasteiger charge is 2.25. The molecule has 0 spiro atoms. The molecule has 0 saturated carbocycles. The molecule has 0 fully saturated rings. The number of aromatic nitrogens is 1. The minimum atomic E-state index is -1.20. The van der Waals surface area contributed by atoms with E-state index in [1.807, 2.05) is 0 Å². The summed E-state index contributed by atoms with van der Waals surface area (Å²) in [5.74, 6) is -3.56. The summed E-state index contributed by atoms with van der Waals surface area (Å²) < 4.78 is 28.0. The number of anilines is 2. The van der Waals surface area contributed by atoms with Crippen molar-refractivity contribution in [1.29, 1.82) is 5.41 Å². The molecule has 0 atom stereocenters. The van der Waals surface area contributed by atoms with Crippen LogP contribution in [-0.2, 0) is 0 Å². The van der Waals surface area contributed by atoms with Crippen LogP contribution >= 0.6 is 15.9 Å². The number of carbonyl (C=O) groups excluding carboxylic acids is 1. The Kier molecular flexibility index (Phi) is 3.99. The first kappa shape index (κ1) is 15.0. The number of nitrogens with zero attached hydrogens (tertiary/aromatic N) is 1. The topological polar surface area (TPSA) is 106 Å². The second kappa shape index (κ2) is 5.57. The Bertz CT molecular complexity index is 764. The molecular weight excluding hydrogens is 346 g/mol. The Morgan fingerprint density at radius 3 is 2.62 bits per heavy atom. The minimum Gasteiger partial charge on any atom is -0.396 e. The molecule has 0 saturated heterocycles. The molecule has 0 unspecified atom stereocenters. The lowest BCUT2D eigenvalue weighted by Gasteiger charge is -2.09. The molecule has 21 heavy (non-hydrogen) atoms. The summed E-state index contributed by atoms with van der Waals surface area (Å²) in [7, 11) is 0. The van der Waals surface area contributed by atoms with E-state index in [-0.39, 0.29) is 17.1 Å². The standard InChI is InChI=1S/C13H9BrF2N4O/c14-5-3-6(13(19)20-4-5)11(18)12(21)9-7(15)1-2-8(17)10(9)16/h1-4,18H,17H2,(H2,19,20). The monoisotopic (exact) mass is 354 g/mol. The highest BCUT2D eigenvalue weighted by Crippen LogP contribution is 2.23. The molecule has 0 amide bonds. The molecule has 1 aromatic carbocycles. The van der Waals surface area contributed by atoms with E-state index in [0.29, 0.717) is 4.47 Å². The van der Waals surface area contributed by atoms with E-state index in [2.05, 4.69) is 20.9 Å². The van der Waals surface area contributed by atoms with Gasteiger partial charge >= 0.3 is 0 Å². The molecule has 1 aromatic heterocycles. The number of nitrogens with one attached hydrogen (secondary N) is 1. The normalized spacial score (nSPS) is 10.4. The number of carbonyl (C=O) groups is 1. The molecule has 0 aliphatic heterocycles. The third kappa shape index (κ3) is 2.75. The predicted octanol–water partition coefficient (Wildman–Crippen LogP) is 2.54. The summed E-state index contributed by atoms with van der Waals surface area (Å²) in [6.07, 6.45) is 1.37. The predicted molar refractivity (Wildman–Crippen MR) is 78.3 cm³/mol. The van der Waals surface area contributed by atoms with Crippen molar-refractivity contribution in [3.8, 4) is 0 Å². The second-order valence-corrected chi connectivity index (χ2v) is 5.03. The van der Waals surface area contributed by atoms with Gasteiger partial charge in [-0.2, -0.15) is 0 Å². The largest absolute Gasteiger partial charge is 0.396 e. The number of benzene rings is 1. The van der Waals surface area contributed by atoms with Crippen molar-refractivity contribution < 1.29 is 13.6 Å².